The summed E-state index contributed by atoms with van der Waals surface area (Å²) in [5, 5.41) is 2.95. The number of carbonyl (C=O) groups excluding carboxylic acids is 2. The van der Waals surface area contributed by atoms with Crippen LogP contribution in [0.5, 0.6) is 0 Å². The number of rotatable bonds is 3. The SMILES string of the molecule is Cc1ccc(CNC(=O)N2CCCN(C(=O)c3ccco3)CC2)cc1. The van der Waals surface area contributed by atoms with Crippen LogP contribution in [0.2, 0.25) is 0 Å². The second kappa shape index (κ2) is 7.88. The Morgan fingerprint density at radius 3 is 2.48 bits per heavy atom. The van der Waals surface area contributed by atoms with E-state index in [4.69, 9.17) is 4.42 Å². The molecule has 0 atom stereocenters. The highest BCUT2D eigenvalue weighted by Gasteiger charge is 2.23. The number of furan rings is 1. The lowest BCUT2D eigenvalue weighted by atomic mass is 10.1. The summed E-state index contributed by atoms with van der Waals surface area (Å²) in [4.78, 5) is 28.2. The van der Waals surface area contributed by atoms with Gasteiger partial charge in [0.2, 0.25) is 0 Å². The van der Waals surface area contributed by atoms with Crippen molar-refractivity contribution in [2.75, 3.05) is 26.2 Å². The first-order valence-corrected chi connectivity index (χ1v) is 8.54. The number of benzene rings is 1. The van der Waals surface area contributed by atoms with E-state index in [-0.39, 0.29) is 11.9 Å². The van der Waals surface area contributed by atoms with E-state index in [2.05, 4.69) is 5.32 Å². The predicted octanol–water partition coefficient (Wildman–Crippen LogP) is 2.65. The molecule has 2 aromatic rings. The Morgan fingerprint density at radius 1 is 1.04 bits per heavy atom. The molecule has 0 saturated carbocycles. The summed E-state index contributed by atoms with van der Waals surface area (Å²) in [6.45, 7) is 4.84. The Kier molecular flexibility index (Phi) is 5.38. The van der Waals surface area contributed by atoms with E-state index < -0.39 is 0 Å². The van der Waals surface area contributed by atoms with E-state index in [9.17, 15) is 9.59 Å². The molecule has 3 rings (SSSR count). The van der Waals surface area contributed by atoms with Gasteiger partial charge in [0.05, 0.1) is 6.26 Å². The van der Waals surface area contributed by atoms with Crippen LogP contribution in [0.4, 0.5) is 4.79 Å². The summed E-state index contributed by atoms with van der Waals surface area (Å²) in [5.74, 6) is 0.226. The molecular formula is C19H23N3O3. The van der Waals surface area contributed by atoms with Gasteiger partial charge < -0.3 is 19.5 Å². The molecule has 1 fully saturated rings. The van der Waals surface area contributed by atoms with E-state index in [1.165, 1.54) is 11.8 Å². The maximum Gasteiger partial charge on any atom is 0.317 e. The molecule has 0 unspecified atom stereocenters. The average molecular weight is 341 g/mol. The number of amides is 3. The molecule has 1 aliphatic heterocycles. The third-order valence-electron chi connectivity index (χ3n) is 4.37. The van der Waals surface area contributed by atoms with Crippen molar-refractivity contribution < 1.29 is 14.0 Å². The van der Waals surface area contributed by atoms with E-state index in [1.807, 2.05) is 31.2 Å². The Hall–Kier alpha value is -2.76. The second-order valence-corrected chi connectivity index (χ2v) is 6.25. The molecule has 6 heteroatoms. The van der Waals surface area contributed by atoms with Crippen molar-refractivity contribution in [2.24, 2.45) is 0 Å². The van der Waals surface area contributed by atoms with E-state index >= 15 is 0 Å². The van der Waals surface area contributed by atoms with Crippen molar-refractivity contribution in [1.29, 1.82) is 0 Å². The molecule has 1 saturated heterocycles. The van der Waals surface area contributed by atoms with Crippen LogP contribution < -0.4 is 5.32 Å². The third kappa shape index (κ3) is 4.41. The summed E-state index contributed by atoms with van der Waals surface area (Å²) in [5.41, 5.74) is 2.27. The second-order valence-electron chi connectivity index (χ2n) is 6.25. The van der Waals surface area contributed by atoms with Gasteiger partial charge in [-0.05, 0) is 31.0 Å². The van der Waals surface area contributed by atoms with Gasteiger partial charge in [-0.3, -0.25) is 4.79 Å². The van der Waals surface area contributed by atoms with Crippen molar-refractivity contribution in [3.63, 3.8) is 0 Å². The molecule has 2 heterocycles. The molecule has 0 bridgehead atoms. The lowest BCUT2D eigenvalue weighted by molar-refractivity contribution is 0.0730. The van der Waals surface area contributed by atoms with Crippen molar-refractivity contribution in [3.8, 4) is 0 Å². The van der Waals surface area contributed by atoms with Crippen molar-refractivity contribution in [2.45, 2.75) is 19.9 Å². The van der Waals surface area contributed by atoms with Gasteiger partial charge in [0.25, 0.3) is 5.91 Å². The summed E-state index contributed by atoms with van der Waals surface area (Å²) in [6.07, 6.45) is 2.25. The number of carbonyl (C=O) groups is 2. The van der Waals surface area contributed by atoms with Gasteiger partial charge in [0.15, 0.2) is 5.76 Å². The maximum absolute atomic E-state index is 12.4. The van der Waals surface area contributed by atoms with E-state index in [0.717, 1.165) is 12.0 Å². The van der Waals surface area contributed by atoms with Gasteiger partial charge in [-0.2, -0.15) is 0 Å². The quantitative estimate of drug-likeness (QED) is 0.933. The largest absolute Gasteiger partial charge is 0.459 e. The monoisotopic (exact) mass is 341 g/mol. The molecule has 1 aromatic heterocycles. The number of urea groups is 1. The fourth-order valence-electron chi connectivity index (χ4n) is 2.88. The molecule has 1 aliphatic rings. The Balaban J connectivity index is 1.51. The number of nitrogens with one attached hydrogen (secondary N) is 1. The minimum Gasteiger partial charge on any atom is -0.459 e. The molecule has 0 spiro atoms. The third-order valence-corrected chi connectivity index (χ3v) is 4.37. The molecule has 1 N–H and O–H groups in total. The molecule has 6 nitrogen and oxygen atoms in total. The minimum absolute atomic E-state index is 0.0899. The highest BCUT2D eigenvalue weighted by molar-refractivity contribution is 5.91. The van der Waals surface area contributed by atoms with Gasteiger partial charge in [0.1, 0.15) is 0 Å². The van der Waals surface area contributed by atoms with Crippen LogP contribution in [0.1, 0.15) is 28.1 Å². The lowest BCUT2D eigenvalue weighted by Crippen LogP contribution is -2.42. The smallest absolute Gasteiger partial charge is 0.317 e. The molecule has 1 aromatic carbocycles. The van der Waals surface area contributed by atoms with Crippen LogP contribution in [-0.2, 0) is 6.54 Å². The normalized spacial score (nSPS) is 14.9. The number of aryl methyl sites for hydroxylation is 1. The van der Waals surface area contributed by atoms with Gasteiger partial charge >= 0.3 is 6.03 Å². The van der Waals surface area contributed by atoms with Crippen LogP contribution in [0.15, 0.2) is 47.1 Å². The van der Waals surface area contributed by atoms with Crippen molar-refractivity contribution >= 4 is 11.9 Å². The molecule has 25 heavy (non-hydrogen) atoms. The van der Waals surface area contributed by atoms with Crippen LogP contribution in [0.3, 0.4) is 0 Å². The molecule has 0 aliphatic carbocycles. The molecule has 132 valence electrons. The number of hydrogen-bond acceptors (Lipinski definition) is 3. The standard InChI is InChI=1S/C19H23N3O3/c1-15-5-7-16(8-6-15)14-20-19(24)22-10-3-9-21(11-12-22)18(23)17-4-2-13-25-17/h2,4-8,13H,3,9-12,14H2,1H3,(H,20,24). The zero-order valence-electron chi connectivity index (χ0n) is 14.4. The minimum atomic E-state index is -0.119. The van der Waals surface area contributed by atoms with Crippen LogP contribution in [0.25, 0.3) is 0 Å². The first-order valence-electron chi connectivity index (χ1n) is 8.54. The Labute approximate surface area is 147 Å². The summed E-state index contributed by atoms with van der Waals surface area (Å²) in [6, 6.07) is 11.4. The lowest BCUT2D eigenvalue weighted by Gasteiger charge is -2.22. The highest BCUT2D eigenvalue weighted by atomic mass is 16.3. The first-order chi connectivity index (χ1) is 12.1. The predicted molar refractivity (Wildman–Crippen MR) is 94.2 cm³/mol. The number of hydrogen-bond donors (Lipinski definition) is 1. The summed E-state index contributed by atoms with van der Waals surface area (Å²) >= 11 is 0. The summed E-state index contributed by atoms with van der Waals surface area (Å²) in [7, 11) is 0. The Bertz CT molecular complexity index is 710. The summed E-state index contributed by atoms with van der Waals surface area (Å²) < 4.78 is 5.18. The van der Waals surface area contributed by atoms with E-state index in [0.29, 0.717) is 38.5 Å². The zero-order chi connectivity index (χ0) is 17.6. The zero-order valence-corrected chi connectivity index (χ0v) is 14.4. The van der Waals surface area contributed by atoms with Gasteiger partial charge in [-0.15, -0.1) is 0 Å². The first kappa shape index (κ1) is 17.1. The average Bonchev–Trinajstić information content (AvgIpc) is 3.05. The van der Waals surface area contributed by atoms with Crippen LogP contribution in [-0.4, -0.2) is 47.9 Å². The van der Waals surface area contributed by atoms with Gasteiger partial charge in [-0.1, -0.05) is 29.8 Å². The number of nitrogens with zero attached hydrogens (tertiary/aromatic N) is 2. The maximum atomic E-state index is 12.4. The fourth-order valence-corrected chi connectivity index (χ4v) is 2.88. The van der Waals surface area contributed by atoms with Gasteiger partial charge in [-0.25, -0.2) is 4.79 Å². The molecular weight excluding hydrogens is 318 g/mol. The van der Waals surface area contributed by atoms with Crippen LogP contribution in [0, 0.1) is 6.92 Å². The van der Waals surface area contributed by atoms with E-state index in [1.54, 1.807) is 21.9 Å². The molecule has 0 radical (unpaired) electrons. The highest BCUT2D eigenvalue weighted by Crippen LogP contribution is 2.10. The molecule has 3 amide bonds. The topological polar surface area (TPSA) is 65.8 Å². The van der Waals surface area contributed by atoms with Crippen molar-refractivity contribution in [3.05, 3.63) is 59.5 Å². The van der Waals surface area contributed by atoms with Gasteiger partial charge in [0, 0.05) is 32.7 Å². The van der Waals surface area contributed by atoms with Crippen molar-refractivity contribution in [1.82, 2.24) is 15.1 Å². The Morgan fingerprint density at radius 2 is 1.76 bits per heavy atom. The van der Waals surface area contributed by atoms with Crippen LogP contribution >= 0.6 is 0 Å². The fraction of sp³-hybridized carbons (Fsp3) is 0.368.